The minimum absolute atomic E-state index is 0.0943. The first kappa shape index (κ1) is 21.0. The normalized spacial score (nSPS) is 18.6. The van der Waals surface area contributed by atoms with Gasteiger partial charge in [0.05, 0.1) is 19.8 Å². The second-order valence-electron chi connectivity index (χ2n) is 8.60. The first-order valence-corrected chi connectivity index (χ1v) is 9.66. The van der Waals surface area contributed by atoms with Crippen LogP contribution in [-0.2, 0) is 9.47 Å². The molecule has 1 atom stereocenters. The number of hydrogen-bond acceptors (Lipinski definition) is 5. The summed E-state index contributed by atoms with van der Waals surface area (Å²) in [7, 11) is 1.58. The highest BCUT2D eigenvalue weighted by Gasteiger charge is 2.47. The number of carbonyl (C=O) groups is 1. The molecule has 2 aromatic carbocycles. The van der Waals surface area contributed by atoms with Crippen LogP contribution in [-0.4, -0.2) is 41.1 Å². The van der Waals surface area contributed by atoms with Crippen LogP contribution < -0.4 is 4.74 Å². The number of carbonyl (C=O) groups excluding carboxylic acids is 1. The summed E-state index contributed by atoms with van der Waals surface area (Å²) in [5, 5.41) is 11.1. The Balaban J connectivity index is 2.10. The van der Waals surface area contributed by atoms with E-state index in [2.05, 4.69) is 0 Å². The number of methoxy groups -OCH3 is 1. The molecule has 1 amide bonds. The van der Waals surface area contributed by atoms with Gasteiger partial charge in [0.1, 0.15) is 22.8 Å². The van der Waals surface area contributed by atoms with Crippen LogP contribution in [0, 0.1) is 0 Å². The Morgan fingerprint density at radius 2 is 1.86 bits per heavy atom. The number of aromatic hydroxyl groups is 1. The molecule has 29 heavy (non-hydrogen) atoms. The third kappa shape index (κ3) is 4.32. The second kappa shape index (κ2) is 7.59. The van der Waals surface area contributed by atoms with E-state index in [0.717, 1.165) is 5.56 Å². The third-order valence-electron chi connectivity index (χ3n) is 4.87. The van der Waals surface area contributed by atoms with Crippen molar-refractivity contribution in [2.75, 3.05) is 13.7 Å². The molecule has 2 aromatic rings. The molecule has 6 nitrogen and oxygen atoms in total. The van der Waals surface area contributed by atoms with Crippen molar-refractivity contribution < 1.29 is 24.1 Å². The van der Waals surface area contributed by atoms with E-state index in [0.29, 0.717) is 16.9 Å². The highest BCUT2D eigenvalue weighted by molar-refractivity contribution is 5.75. The Morgan fingerprint density at radius 1 is 1.21 bits per heavy atom. The minimum Gasteiger partial charge on any atom is -0.507 e. The first-order chi connectivity index (χ1) is 13.5. The number of hydrogen-bond donors (Lipinski definition) is 1. The van der Waals surface area contributed by atoms with Gasteiger partial charge in [0.2, 0.25) is 0 Å². The number of rotatable bonds is 3. The Labute approximate surface area is 172 Å². The molecule has 0 spiro atoms. The molecule has 156 valence electrons. The van der Waals surface area contributed by atoms with Gasteiger partial charge in [-0.25, -0.2) is 4.79 Å². The number of phenolic OH excluding ortho intramolecular Hbond substituents is 1. The van der Waals surface area contributed by atoms with Crippen molar-refractivity contribution in [1.82, 2.24) is 4.90 Å². The number of phenols is 1. The van der Waals surface area contributed by atoms with Crippen LogP contribution in [0.2, 0.25) is 0 Å². The molecule has 0 unspecified atom stereocenters. The number of benzene rings is 2. The fourth-order valence-electron chi connectivity index (χ4n) is 3.53. The Hall–Kier alpha value is -2.73. The molecular weight excluding hydrogens is 370 g/mol. The van der Waals surface area contributed by atoms with E-state index in [-0.39, 0.29) is 12.4 Å². The monoisotopic (exact) mass is 399 g/mol. The topological polar surface area (TPSA) is 68.2 Å². The summed E-state index contributed by atoms with van der Waals surface area (Å²) >= 11 is 0. The molecular formula is C23H29NO5. The second-order valence-corrected chi connectivity index (χ2v) is 8.60. The van der Waals surface area contributed by atoms with Gasteiger partial charge in [-0.15, -0.1) is 0 Å². The molecule has 6 heteroatoms. The summed E-state index contributed by atoms with van der Waals surface area (Å²) in [5.74, 6) is 0.683. The highest BCUT2D eigenvalue weighted by atomic mass is 16.6. The van der Waals surface area contributed by atoms with E-state index in [4.69, 9.17) is 14.2 Å². The molecule has 0 bridgehead atoms. The smallest absolute Gasteiger partial charge is 0.413 e. The van der Waals surface area contributed by atoms with Crippen molar-refractivity contribution in [2.45, 2.75) is 52.0 Å². The highest BCUT2D eigenvalue weighted by Crippen LogP contribution is 2.45. The third-order valence-corrected chi connectivity index (χ3v) is 4.87. The Kier molecular flexibility index (Phi) is 5.50. The Morgan fingerprint density at radius 3 is 2.45 bits per heavy atom. The molecule has 1 N–H and O–H groups in total. The molecule has 0 saturated carbocycles. The minimum atomic E-state index is -0.880. The molecule has 3 rings (SSSR count). The number of ether oxygens (including phenoxy) is 3. The van der Waals surface area contributed by atoms with Crippen molar-refractivity contribution in [3.05, 3.63) is 48.0 Å². The van der Waals surface area contributed by atoms with Crippen molar-refractivity contribution in [3.63, 3.8) is 0 Å². The van der Waals surface area contributed by atoms with Gasteiger partial charge in [0.25, 0.3) is 0 Å². The van der Waals surface area contributed by atoms with Crippen LogP contribution >= 0.6 is 0 Å². The fraction of sp³-hybridized carbons (Fsp3) is 0.435. The van der Waals surface area contributed by atoms with Crippen LogP contribution in [0.4, 0.5) is 4.79 Å². The molecule has 1 saturated heterocycles. The lowest BCUT2D eigenvalue weighted by Gasteiger charge is -2.35. The van der Waals surface area contributed by atoms with Crippen LogP contribution in [0.25, 0.3) is 11.1 Å². The van der Waals surface area contributed by atoms with Gasteiger partial charge >= 0.3 is 6.09 Å². The molecule has 0 aliphatic carbocycles. The quantitative estimate of drug-likeness (QED) is 0.776. The molecule has 0 aromatic heterocycles. The molecule has 1 fully saturated rings. The summed E-state index contributed by atoms with van der Waals surface area (Å²) in [6, 6.07) is 12.6. The lowest BCUT2D eigenvalue weighted by Crippen LogP contribution is -2.47. The maximum absolute atomic E-state index is 13.0. The SMILES string of the molecule is COc1cc(-c2ccccc2)c(O)c([C@@H]2COC(C)(C)N2C(=O)OC(C)(C)C)c1. The predicted octanol–water partition coefficient (Wildman–Crippen LogP) is 5.11. The van der Waals surface area contributed by atoms with Crippen molar-refractivity contribution in [2.24, 2.45) is 0 Å². The zero-order valence-corrected chi connectivity index (χ0v) is 17.9. The summed E-state index contributed by atoms with van der Waals surface area (Å²) in [6.45, 7) is 9.32. The van der Waals surface area contributed by atoms with Crippen molar-refractivity contribution >= 4 is 6.09 Å². The number of amides is 1. The summed E-state index contributed by atoms with van der Waals surface area (Å²) in [6.07, 6.45) is -0.492. The summed E-state index contributed by atoms with van der Waals surface area (Å²) < 4.78 is 17.0. The van der Waals surface area contributed by atoms with Crippen LogP contribution in [0.15, 0.2) is 42.5 Å². The average Bonchev–Trinajstić information content (AvgIpc) is 2.96. The van der Waals surface area contributed by atoms with Crippen LogP contribution in [0.3, 0.4) is 0 Å². The standard InChI is InChI=1S/C23H29NO5/c1-22(2,3)29-21(26)24-19(14-28-23(24,4)5)18-13-16(27-6)12-17(20(18)25)15-10-8-7-9-11-15/h7-13,19,25H,14H2,1-6H3/t19-/m0/s1. The van der Waals surface area contributed by atoms with Gasteiger partial charge in [-0.05, 0) is 52.3 Å². The van der Waals surface area contributed by atoms with Crippen LogP contribution in [0.1, 0.15) is 46.2 Å². The predicted molar refractivity (Wildman–Crippen MR) is 111 cm³/mol. The number of nitrogens with zero attached hydrogens (tertiary/aromatic N) is 1. The van der Waals surface area contributed by atoms with Gasteiger partial charge in [-0.2, -0.15) is 0 Å². The molecule has 0 radical (unpaired) electrons. The van der Waals surface area contributed by atoms with E-state index < -0.39 is 23.5 Å². The first-order valence-electron chi connectivity index (χ1n) is 9.66. The van der Waals surface area contributed by atoms with E-state index in [9.17, 15) is 9.90 Å². The lowest BCUT2D eigenvalue weighted by molar-refractivity contribution is -0.0626. The van der Waals surface area contributed by atoms with Crippen molar-refractivity contribution in [3.8, 4) is 22.6 Å². The van der Waals surface area contributed by atoms with E-state index in [1.54, 1.807) is 24.1 Å². The largest absolute Gasteiger partial charge is 0.507 e. The zero-order chi connectivity index (χ0) is 21.4. The molecule has 1 aliphatic heterocycles. The Bertz CT molecular complexity index is 886. The fourth-order valence-corrected chi connectivity index (χ4v) is 3.53. The van der Waals surface area contributed by atoms with Gasteiger partial charge in [-0.1, -0.05) is 30.3 Å². The molecule has 1 heterocycles. The summed E-state index contributed by atoms with van der Waals surface area (Å²) in [5.41, 5.74) is 0.516. The van der Waals surface area contributed by atoms with Crippen LogP contribution in [0.5, 0.6) is 11.5 Å². The average molecular weight is 399 g/mol. The molecule has 1 aliphatic rings. The maximum Gasteiger partial charge on any atom is 0.413 e. The van der Waals surface area contributed by atoms with Gasteiger partial charge < -0.3 is 19.3 Å². The maximum atomic E-state index is 13.0. The van der Waals surface area contributed by atoms with Gasteiger partial charge in [0, 0.05) is 11.1 Å². The van der Waals surface area contributed by atoms with E-state index >= 15 is 0 Å². The zero-order valence-electron chi connectivity index (χ0n) is 17.9. The van der Waals surface area contributed by atoms with Gasteiger partial charge in [0.15, 0.2) is 0 Å². The van der Waals surface area contributed by atoms with Gasteiger partial charge in [-0.3, -0.25) is 4.90 Å². The van der Waals surface area contributed by atoms with E-state index in [1.165, 1.54) is 0 Å². The summed E-state index contributed by atoms with van der Waals surface area (Å²) in [4.78, 5) is 14.5. The van der Waals surface area contributed by atoms with Crippen molar-refractivity contribution in [1.29, 1.82) is 0 Å². The lowest BCUT2D eigenvalue weighted by atomic mass is 9.96. The van der Waals surface area contributed by atoms with E-state index in [1.807, 2.05) is 65.0 Å².